The van der Waals surface area contributed by atoms with Crippen LogP contribution in [0.15, 0.2) is 29.2 Å². The van der Waals surface area contributed by atoms with E-state index in [0.29, 0.717) is 17.2 Å². The molecule has 2 rings (SSSR count). The molecule has 4 heteroatoms. The van der Waals surface area contributed by atoms with Gasteiger partial charge in [0.1, 0.15) is 0 Å². The lowest BCUT2D eigenvalue weighted by Crippen LogP contribution is -2.09. The Balaban J connectivity index is 2.92. The van der Waals surface area contributed by atoms with Crippen LogP contribution in [0.2, 0.25) is 0 Å². The van der Waals surface area contributed by atoms with E-state index in [1.165, 1.54) is 0 Å². The van der Waals surface area contributed by atoms with Gasteiger partial charge in [-0.3, -0.25) is 14.6 Å². The maximum atomic E-state index is 11.3. The van der Waals surface area contributed by atoms with E-state index in [-0.39, 0.29) is 11.3 Å². The molecule has 0 aliphatic heterocycles. The summed E-state index contributed by atoms with van der Waals surface area (Å²) in [7, 11) is 0. The molecule has 0 saturated heterocycles. The first kappa shape index (κ1) is 7.67. The highest BCUT2D eigenvalue weighted by atomic mass is 16.1. The highest BCUT2D eigenvalue weighted by Gasteiger charge is 2.00. The fourth-order valence-electron chi connectivity index (χ4n) is 1.17. The molecule has 0 amide bonds. The van der Waals surface area contributed by atoms with E-state index in [9.17, 15) is 9.59 Å². The lowest BCUT2D eigenvalue weighted by Gasteiger charge is -1.95. The smallest absolute Gasteiger partial charge is 0.257 e. The second-order valence-electron chi connectivity index (χ2n) is 2.61. The summed E-state index contributed by atoms with van der Waals surface area (Å²) in [6, 6.07) is 4.89. The molecule has 13 heavy (non-hydrogen) atoms. The number of nitrogens with zero attached hydrogens (tertiary/aromatic N) is 1. The Morgan fingerprint density at radius 1 is 1.46 bits per heavy atom. The summed E-state index contributed by atoms with van der Waals surface area (Å²) in [5, 5.41) is 0.494. The van der Waals surface area contributed by atoms with Gasteiger partial charge in [-0.2, -0.15) is 0 Å². The van der Waals surface area contributed by atoms with Crippen molar-refractivity contribution >= 4 is 17.2 Å². The average molecular weight is 174 g/mol. The Hall–Kier alpha value is -1.97. The molecule has 0 radical (unpaired) electrons. The molecule has 64 valence electrons. The van der Waals surface area contributed by atoms with Crippen molar-refractivity contribution in [3.05, 3.63) is 40.4 Å². The molecule has 0 unspecified atom stereocenters. The molecule has 0 aliphatic rings. The van der Waals surface area contributed by atoms with Crippen molar-refractivity contribution in [1.82, 2.24) is 9.97 Å². The Kier molecular flexibility index (Phi) is 1.66. The second kappa shape index (κ2) is 2.82. The van der Waals surface area contributed by atoms with Crippen molar-refractivity contribution in [3.63, 3.8) is 0 Å². The number of hydrogen-bond acceptors (Lipinski definition) is 3. The van der Waals surface area contributed by atoms with Gasteiger partial charge in [-0.25, -0.2) is 0 Å². The van der Waals surface area contributed by atoms with Gasteiger partial charge in [0.2, 0.25) is 0 Å². The summed E-state index contributed by atoms with van der Waals surface area (Å²) in [6.07, 6.45) is 2.17. The molecule has 0 saturated carbocycles. The number of aromatic nitrogens is 2. The standard InChI is InChI=1S/C9H6N2O2/c12-5-6-4-8-7(9(13)11-6)2-1-3-10-8/h1-5H,(H,11,13). The van der Waals surface area contributed by atoms with E-state index in [4.69, 9.17) is 0 Å². The summed E-state index contributed by atoms with van der Waals surface area (Å²) in [4.78, 5) is 28.1. The van der Waals surface area contributed by atoms with Crippen LogP contribution in [0, 0.1) is 0 Å². The first-order chi connectivity index (χ1) is 6.31. The minimum atomic E-state index is -0.285. The number of carbonyl (C=O) groups excluding carboxylic acids is 1. The molecule has 0 aromatic carbocycles. The number of rotatable bonds is 1. The van der Waals surface area contributed by atoms with Crippen LogP contribution >= 0.6 is 0 Å². The Morgan fingerprint density at radius 2 is 2.31 bits per heavy atom. The van der Waals surface area contributed by atoms with E-state index in [1.54, 1.807) is 24.4 Å². The Bertz CT molecular complexity index is 516. The molecular formula is C9H6N2O2. The van der Waals surface area contributed by atoms with Gasteiger partial charge in [0.15, 0.2) is 6.29 Å². The molecular weight excluding hydrogens is 168 g/mol. The number of fused-ring (bicyclic) bond motifs is 1. The van der Waals surface area contributed by atoms with Crippen molar-refractivity contribution in [2.45, 2.75) is 0 Å². The molecule has 4 nitrogen and oxygen atoms in total. The predicted octanol–water partition coefficient (Wildman–Crippen LogP) is 0.736. The number of aromatic amines is 1. The van der Waals surface area contributed by atoms with Crippen molar-refractivity contribution in [1.29, 1.82) is 0 Å². The monoisotopic (exact) mass is 174 g/mol. The van der Waals surface area contributed by atoms with E-state index >= 15 is 0 Å². The molecule has 1 N–H and O–H groups in total. The normalized spacial score (nSPS) is 10.2. The van der Waals surface area contributed by atoms with Gasteiger partial charge in [-0.05, 0) is 18.2 Å². The van der Waals surface area contributed by atoms with Crippen LogP contribution in [0.1, 0.15) is 10.5 Å². The third kappa shape index (κ3) is 1.22. The fraction of sp³-hybridized carbons (Fsp3) is 0. The molecule has 0 atom stereocenters. The van der Waals surface area contributed by atoms with Crippen molar-refractivity contribution in [2.24, 2.45) is 0 Å². The molecule has 0 fully saturated rings. The molecule has 0 spiro atoms. The second-order valence-corrected chi connectivity index (χ2v) is 2.61. The number of aldehydes is 1. The molecule has 0 bridgehead atoms. The SMILES string of the molecule is O=Cc1cc2ncccc2c(=O)[nH]1. The zero-order valence-corrected chi connectivity index (χ0v) is 6.65. The van der Waals surface area contributed by atoms with Crippen molar-refractivity contribution in [2.75, 3.05) is 0 Å². The van der Waals surface area contributed by atoms with Crippen LogP contribution in [0.25, 0.3) is 10.9 Å². The molecule has 2 aromatic heterocycles. The largest absolute Gasteiger partial charge is 0.319 e. The molecule has 2 heterocycles. The lowest BCUT2D eigenvalue weighted by atomic mass is 10.2. The van der Waals surface area contributed by atoms with E-state index < -0.39 is 0 Å². The number of nitrogens with one attached hydrogen (secondary N) is 1. The van der Waals surface area contributed by atoms with Gasteiger partial charge in [-0.15, -0.1) is 0 Å². The summed E-state index contributed by atoms with van der Waals surface area (Å²) >= 11 is 0. The quantitative estimate of drug-likeness (QED) is 0.648. The summed E-state index contributed by atoms with van der Waals surface area (Å²) < 4.78 is 0. The average Bonchev–Trinajstić information content (AvgIpc) is 2.18. The van der Waals surface area contributed by atoms with Gasteiger partial charge in [0.05, 0.1) is 16.6 Å². The number of H-pyrrole nitrogens is 1. The summed E-state index contributed by atoms with van der Waals surface area (Å²) in [5.41, 5.74) is 0.497. The van der Waals surface area contributed by atoms with Gasteiger partial charge >= 0.3 is 0 Å². The highest BCUT2D eigenvalue weighted by Crippen LogP contribution is 2.04. The van der Waals surface area contributed by atoms with Crippen molar-refractivity contribution in [3.8, 4) is 0 Å². The van der Waals surface area contributed by atoms with Gasteiger partial charge < -0.3 is 4.98 Å². The molecule has 0 aliphatic carbocycles. The number of carbonyl (C=O) groups is 1. The highest BCUT2D eigenvalue weighted by molar-refractivity contribution is 5.83. The predicted molar refractivity (Wildman–Crippen MR) is 47.8 cm³/mol. The van der Waals surface area contributed by atoms with E-state index in [2.05, 4.69) is 9.97 Å². The fourth-order valence-corrected chi connectivity index (χ4v) is 1.17. The van der Waals surface area contributed by atoms with Crippen LogP contribution in [-0.2, 0) is 0 Å². The number of hydrogen-bond donors (Lipinski definition) is 1. The maximum absolute atomic E-state index is 11.3. The van der Waals surface area contributed by atoms with Gasteiger partial charge in [0, 0.05) is 6.20 Å². The Labute approximate surface area is 73.2 Å². The van der Waals surface area contributed by atoms with Crippen LogP contribution in [0.3, 0.4) is 0 Å². The minimum Gasteiger partial charge on any atom is -0.319 e. The summed E-state index contributed by atoms with van der Waals surface area (Å²) in [5.74, 6) is 0. The van der Waals surface area contributed by atoms with Gasteiger partial charge in [-0.1, -0.05) is 0 Å². The Morgan fingerprint density at radius 3 is 3.08 bits per heavy atom. The van der Waals surface area contributed by atoms with Crippen LogP contribution in [0.5, 0.6) is 0 Å². The molecule has 2 aromatic rings. The number of pyridine rings is 2. The first-order valence-corrected chi connectivity index (χ1v) is 3.74. The van der Waals surface area contributed by atoms with Crippen LogP contribution in [0.4, 0.5) is 0 Å². The lowest BCUT2D eigenvalue weighted by molar-refractivity contribution is 0.111. The summed E-state index contributed by atoms with van der Waals surface area (Å²) in [6.45, 7) is 0. The van der Waals surface area contributed by atoms with Crippen LogP contribution < -0.4 is 5.56 Å². The third-order valence-corrected chi connectivity index (χ3v) is 1.76. The van der Waals surface area contributed by atoms with Crippen LogP contribution in [-0.4, -0.2) is 16.3 Å². The topological polar surface area (TPSA) is 62.8 Å². The third-order valence-electron chi connectivity index (χ3n) is 1.76. The zero-order valence-electron chi connectivity index (χ0n) is 6.65. The van der Waals surface area contributed by atoms with E-state index in [1.807, 2.05) is 0 Å². The minimum absolute atomic E-state index is 0.246. The first-order valence-electron chi connectivity index (χ1n) is 3.74. The van der Waals surface area contributed by atoms with E-state index in [0.717, 1.165) is 0 Å². The maximum Gasteiger partial charge on any atom is 0.257 e. The van der Waals surface area contributed by atoms with Crippen molar-refractivity contribution < 1.29 is 4.79 Å². The van der Waals surface area contributed by atoms with Gasteiger partial charge in [0.25, 0.3) is 5.56 Å². The zero-order chi connectivity index (χ0) is 9.26.